The van der Waals surface area contributed by atoms with E-state index < -0.39 is 18.0 Å². The van der Waals surface area contributed by atoms with Gasteiger partial charge in [0.15, 0.2) is 17.6 Å². The van der Waals surface area contributed by atoms with E-state index in [1.165, 1.54) is 6.92 Å². The molecule has 1 atom stereocenters. The van der Waals surface area contributed by atoms with E-state index in [1.54, 1.807) is 20.3 Å². The number of fused-ring (bicyclic) bond motifs is 2. The number of ether oxygens (including phenoxy) is 3. The van der Waals surface area contributed by atoms with Crippen LogP contribution < -0.4 is 9.47 Å². The number of rotatable bonds is 6. The number of nitrogens with zero attached hydrogens (tertiary/aromatic N) is 1. The Kier molecular flexibility index (Phi) is 5.81. The van der Waals surface area contributed by atoms with Gasteiger partial charge in [-0.05, 0) is 60.7 Å². The number of carbonyl (C=O) groups excluding carboxylic acids is 1. The number of aromatic nitrogens is 1. The second-order valence-electron chi connectivity index (χ2n) is 7.50. The van der Waals surface area contributed by atoms with Crippen LogP contribution in [0.15, 0.2) is 42.5 Å². The molecule has 0 saturated heterocycles. The summed E-state index contributed by atoms with van der Waals surface area (Å²) in [5, 5.41) is 9.81. The molecule has 0 fully saturated rings. The normalized spacial score (nSPS) is 14.8. The number of hydrogen-bond donors (Lipinski definition) is 1. The first kappa shape index (κ1) is 21.4. The predicted molar refractivity (Wildman–Crippen MR) is 120 cm³/mol. The maximum Gasteiger partial charge on any atom is 0.344 e. The zero-order chi connectivity index (χ0) is 22.8. The van der Waals surface area contributed by atoms with Gasteiger partial charge < -0.3 is 19.3 Å². The molecule has 1 N–H and O–H groups in total. The van der Waals surface area contributed by atoms with Crippen molar-refractivity contribution in [2.24, 2.45) is 0 Å². The summed E-state index contributed by atoms with van der Waals surface area (Å²) in [4.78, 5) is 29.0. The molecule has 0 radical (unpaired) electrons. The van der Waals surface area contributed by atoms with Crippen LogP contribution in [-0.2, 0) is 16.0 Å². The van der Waals surface area contributed by atoms with E-state index in [9.17, 15) is 9.59 Å². The van der Waals surface area contributed by atoms with Gasteiger partial charge in [0.05, 0.1) is 31.0 Å². The first-order valence-corrected chi connectivity index (χ1v) is 10.2. The van der Waals surface area contributed by atoms with E-state index in [0.717, 1.165) is 22.4 Å². The van der Waals surface area contributed by atoms with Crippen molar-refractivity contribution < 1.29 is 28.9 Å². The van der Waals surface area contributed by atoms with Crippen molar-refractivity contribution in [2.45, 2.75) is 25.9 Å². The van der Waals surface area contributed by atoms with E-state index >= 15 is 0 Å². The van der Waals surface area contributed by atoms with Gasteiger partial charge in [-0.25, -0.2) is 14.6 Å². The fourth-order valence-electron chi connectivity index (χ4n) is 3.93. The minimum Gasteiger partial charge on any atom is -0.493 e. The summed E-state index contributed by atoms with van der Waals surface area (Å²) in [6.45, 7) is 1.34. The van der Waals surface area contributed by atoms with Crippen LogP contribution in [-0.4, -0.2) is 42.4 Å². The van der Waals surface area contributed by atoms with Gasteiger partial charge in [-0.3, -0.25) is 0 Å². The topological polar surface area (TPSA) is 95.0 Å². The lowest BCUT2D eigenvalue weighted by Gasteiger charge is -2.14. The zero-order valence-electron chi connectivity index (χ0n) is 18.0. The van der Waals surface area contributed by atoms with Gasteiger partial charge in [-0.1, -0.05) is 24.3 Å². The Balaban J connectivity index is 1.82. The number of hydrogen-bond acceptors (Lipinski definition) is 6. The van der Waals surface area contributed by atoms with Gasteiger partial charge in [0.2, 0.25) is 0 Å². The highest BCUT2D eigenvalue weighted by atomic mass is 16.6. The number of methoxy groups -OCH3 is 2. The Bertz CT molecular complexity index is 1250. The number of benzene rings is 2. The number of carbonyl (C=O) groups is 2. The number of aliphatic carboxylic acids is 1. The molecule has 0 aliphatic heterocycles. The van der Waals surface area contributed by atoms with Crippen LogP contribution in [0.2, 0.25) is 0 Å². The highest BCUT2D eigenvalue weighted by Crippen LogP contribution is 2.38. The Morgan fingerprint density at radius 3 is 2.53 bits per heavy atom. The molecule has 2 aromatic carbocycles. The van der Waals surface area contributed by atoms with E-state index in [2.05, 4.69) is 0 Å². The van der Waals surface area contributed by atoms with Gasteiger partial charge in [-0.2, -0.15) is 0 Å². The molecule has 7 nitrogen and oxygen atoms in total. The first-order valence-electron chi connectivity index (χ1n) is 10.2. The molecule has 1 heterocycles. The van der Waals surface area contributed by atoms with Crippen LogP contribution in [0.4, 0.5) is 0 Å². The van der Waals surface area contributed by atoms with Gasteiger partial charge in [0.1, 0.15) is 0 Å². The second-order valence-corrected chi connectivity index (χ2v) is 7.50. The molecule has 0 spiro atoms. The lowest BCUT2D eigenvalue weighted by Crippen LogP contribution is -2.24. The highest BCUT2D eigenvalue weighted by Gasteiger charge is 2.29. The quantitative estimate of drug-likeness (QED) is 0.577. The summed E-state index contributed by atoms with van der Waals surface area (Å²) in [7, 11) is 3.17. The average molecular weight is 433 g/mol. The molecule has 0 saturated carbocycles. The third-order valence-corrected chi connectivity index (χ3v) is 5.53. The van der Waals surface area contributed by atoms with Crippen molar-refractivity contribution in [1.29, 1.82) is 0 Å². The zero-order valence-corrected chi connectivity index (χ0v) is 18.0. The lowest BCUT2D eigenvalue weighted by atomic mass is 10.0. The molecule has 4 rings (SSSR count). The molecule has 7 heteroatoms. The van der Waals surface area contributed by atoms with E-state index in [4.69, 9.17) is 24.3 Å². The van der Waals surface area contributed by atoms with E-state index in [1.807, 2.05) is 42.5 Å². The summed E-state index contributed by atoms with van der Waals surface area (Å²) >= 11 is 0. The van der Waals surface area contributed by atoms with Gasteiger partial charge in [0, 0.05) is 5.39 Å². The lowest BCUT2D eigenvalue weighted by molar-refractivity contribution is -0.146. The smallest absolute Gasteiger partial charge is 0.344 e. The highest BCUT2D eigenvalue weighted by molar-refractivity contribution is 6.07. The fourth-order valence-corrected chi connectivity index (χ4v) is 3.93. The van der Waals surface area contributed by atoms with Crippen molar-refractivity contribution in [1.82, 2.24) is 4.98 Å². The van der Waals surface area contributed by atoms with Crippen LogP contribution in [0, 0.1) is 0 Å². The van der Waals surface area contributed by atoms with E-state index in [0.29, 0.717) is 40.8 Å². The summed E-state index contributed by atoms with van der Waals surface area (Å²) in [6.07, 6.45) is 2.08. The molecular formula is C25H23NO6. The molecule has 1 aliphatic rings. The summed E-state index contributed by atoms with van der Waals surface area (Å²) < 4.78 is 15.9. The Morgan fingerprint density at radius 2 is 1.81 bits per heavy atom. The van der Waals surface area contributed by atoms with Crippen LogP contribution in [0.5, 0.6) is 11.5 Å². The second kappa shape index (κ2) is 8.70. The molecule has 0 bridgehead atoms. The van der Waals surface area contributed by atoms with Crippen molar-refractivity contribution in [3.63, 3.8) is 0 Å². The number of para-hydroxylation sites is 1. The minimum absolute atomic E-state index is 0.384. The largest absolute Gasteiger partial charge is 0.493 e. The number of esters is 1. The van der Waals surface area contributed by atoms with Crippen molar-refractivity contribution in [2.75, 3.05) is 14.2 Å². The number of pyridine rings is 1. The maximum atomic E-state index is 13.0. The Hall–Kier alpha value is -3.87. The molecule has 0 amide bonds. The number of allylic oxidation sites excluding steroid dienone is 1. The SMILES string of the molecule is COc1ccc(/C=C2\CCc3c2nc2ccccc2c3C(=O)OC(C)C(=O)O)cc1OC. The van der Waals surface area contributed by atoms with Crippen molar-refractivity contribution >= 4 is 34.5 Å². The van der Waals surface area contributed by atoms with Crippen molar-refractivity contribution in [3.8, 4) is 11.5 Å². The molecule has 3 aromatic rings. The van der Waals surface area contributed by atoms with Crippen molar-refractivity contribution in [3.05, 3.63) is 64.8 Å². The summed E-state index contributed by atoms with van der Waals surface area (Å²) in [6, 6.07) is 13.0. The first-order chi connectivity index (χ1) is 15.4. The summed E-state index contributed by atoms with van der Waals surface area (Å²) in [5.41, 5.74) is 4.45. The number of carboxylic acids is 1. The molecule has 32 heavy (non-hydrogen) atoms. The van der Waals surface area contributed by atoms with Crippen LogP contribution in [0.3, 0.4) is 0 Å². The average Bonchev–Trinajstić information content (AvgIpc) is 3.18. The summed E-state index contributed by atoms with van der Waals surface area (Å²) in [5.74, 6) is -0.578. The Labute approximate surface area is 185 Å². The van der Waals surface area contributed by atoms with E-state index in [-0.39, 0.29) is 0 Å². The maximum absolute atomic E-state index is 13.0. The van der Waals surface area contributed by atoms with Crippen LogP contribution in [0.1, 0.15) is 40.5 Å². The molecule has 1 unspecified atom stereocenters. The molecule has 1 aliphatic carbocycles. The molecular weight excluding hydrogens is 410 g/mol. The minimum atomic E-state index is -1.24. The van der Waals surface area contributed by atoms with Gasteiger partial charge in [0.25, 0.3) is 0 Å². The third kappa shape index (κ3) is 3.89. The van der Waals surface area contributed by atoms with Crippen LogP contribution in [0.25, 0.3) is 22.6 Å². The Morgan fingerprint density at radius 1 is 1.06 bits per heavy atom. The predicted octanol–water partition coefficient (Wildman–Crippen LogP) is 4.37. The monoisotopic (exact) mass is 433 g/mol. The van der Waals surface area contributed by atoms with Gasteiger partial charge >= 0.3 is 11.9 Å². The molecule has 1 aromatic heterocycles. The molecule has 164 valence electrons. The van der Waals surface area contributed by atoms with Crippen LogP contribution >= 0.6 is 0 Å². The van der Waals surface area contributed by atoms with Gasteiger partial charge in [-0.15, -0.1) is 0 Å². The number of carboxylic acid groups (broad SMARTS) is 1. The standard InChI is InChI=1S/C25H23NO6/c1-14(24(27)28)32-25(29)22-17-6-4-5-7-19(17)26-23-16(9-10-18(22)23)12-15-8-11-20(30-2)21(13-15)31-3/h4-8,11-14H,9-10H2,1-3H3,(H,27,28)/b16-12+. The third-order valence-electron chi connectivity index (χ3n) is 5.53. The fraction of sp³-hybridized carbons (Fsp3) is 0.240.